The van der Waals surface area contributed by atoms with Crippen molar-refractivity contribution in [3.05, 3.63) is 238 Å². The molecular weight excluding hydrogens is 1250 g/mol. The third kappa shape index (κ3) is 14.6. The number of ketones is 1. The van der Waals surface area contributed by atoms with Crippen LogP contribution in [0.4, 0.5) is 105 Å². The Bertz CT molecular complexity index is 3610. The normalized spacial score (nSPS) is 13.1. The van der Waals surface area contributed by atoms with Crippen molar-refractivity contribution in [1.82, 2.24) is 0 Å². The summed E-state index contributed by atoms with van der Waals surface area (Å²) >= 11 is 0. The second-order valence-corrected chi connectivity index (χ2v) is 19.8. The van der Waals surface area contributed by atoms with E-state index < -0.39 is 201 Å². The minimum atomic E-state index is -6.13. The minimum absolute atomic E-state index is 0.0398. The first-order valence-electron chi connectivity index (χ1n) is 25.0. The Balaban J connectivity index is 0.000000267. The van der Waals surface area contributed by atoms with Crippen LogP contribution in [0.15, 0.2) is 182 Å². The number of pyridine rings is 1. The summed E-state index contributed by atoms with van der Waals surface area (Å²) in [5, 5.41) is 1.64. The number of Topliss-reactive ketones (excluding diaryl/α,β-unsaturated/α-hetero) is 1. The number of ether oxygens (including phenoxy) is 1. The van der Waals surface area contributed by atoms with Crippen LogP contribution in [0, 0.1) is 0 Å². The predicted octanol–water partition coefficient (Wildman–Crippen LogP) is 16.5. The predicted molar refractivity (Wildman–Crippen MR) is 273 cm³/mol. The average molecular weight is 1280 g/mol. The Morgan fingerprint density at radius 3 is 0.955 bits per heavy atom. The van der Waals surface area contributed by atoms with Crippen LogP contribution in [-0.4, -0.2) is 17.9 Å². The van der Waals surface area contributed by atoms with E-state index in [1.165, 1.54) is 0 Å². The van der Waals surface area contributed by atoms with E-state index in [4.69, 9.17) is 4.74 Å². The van der Waals surface area contributed by atoms with Crippen molar-refractivity contribution in [2.75, 3.05) is 0 Å². The molecule has 0 spiro atoms. The van der Waals surface area contributed by atoms with Gasteiger partial charge in [-0.3, -0.25) is 4.79 Å². The summed E-state index contributed by atoms with van der Waals surface area (Å²) in [7, 11) is 0. The number of halogens is 24. The zero-order chi connectivity index (χ0) is 65.8. The van der Waals surface area contributed by atoms with Gasteiger partial charge in [0.25, 0.3) is 5.69 Å². The van der Waals surface area contributed by atoms with E-state index in [-0.39, 0.29) is 12.3 Å². The molecule has 4 nitrogen and oxygen atoms in total. The number of aromatic nitrogens is 1. The number of carbonyl (C=O) groups is 2. The van der Waals surface area contributed by atoms with Crippen LogP contribution >= 0.6 is 0 Å². The molecule has 6 aromatic carbocycles. The highest BCUT2D eigenvalue weighted by molar-refractivity contribution is 7.20. The summed E-state index contributed by atoms with van der Waals surface area (Å²) < 4.78 is 348. The fourth-order valence-electron chi connectivity index (χ4n) is 9.96. The summed E-state index contributed by atoms with van der Waals surface area (Å²) in [4.78, 5) is 26.2. The SMILES string of the molecule is FC(F)(F)c1cc([B-](c2cc(C(F)(F)F)cc(C(F)(F)F)c2)(c2cc(C(F)(F)F)cc(C(F)(F)F)c2)c2cc(C(F)(F)F)cc(C(F)(F)F)c2)cc(C(F)(F)F)c1.O=C(C[n+]1ccc2ccccc2c1C(=O)Oc1cc2cccccc-2c1)c1ccccc1. The number of hydrogen-bond acceptors (Lipinski definition) is 3. The molecule has 0 unspecified atom stereocenters. The molecule has 0 saturated heterocycles. The molecule has 0 radical (unpaired) electrons. The number of fused-ring (bicyclic) bond motifs is 2. The van der Waals surface area contributed by atoms with Crippen LogP contribution in [0.2, 0.25) is 0 Å². The van der Waals surface area contributed by atoms with Gasteiger partial charge in [0.1, 0.15) is 11.9 Å². The fraction of sp³-hybridized carbons (Fsp3) is 0.150. The molecule has 2 aliphatic carbocycles. The Morgan fingerprint density at radius 2 is 0.640 bits per heavy atom. The Labute approximate surface area is 484 Å². The molecule has 1 aromatic heterocycles. The number of nitrogens with zero attached hydrogens (tertiary/aromatic N) is 1. The standard InChI is InChI=1S/C32H12BF24.C28H20NO3/c34-25(35,36)13-1-14(26(37,38)39)6-21(5-13)33(22-7-15(27(40,41)42)2-16(8-22)28(43,44)45,23-9-17(29(46,47)48)3-18(10-23)30(49,50)51)24-11-19(31(52,53)54)4-20(12-24)32(55,56)57;30-26(21-10-3-1-4-11-21)19-29-16-15-20-9-7-8-14-25(20)27(29)28(31)32-24-17-22-12-5-2-6-13-23(22)18-24/h1-12H;1-18H,19H2/q-1;+1. The zero-order valence-electron chi connectivity index (χ0n) is 43.8. The summed E-state index contributed by atoms with van der Waals surface area (Å²) in [6.07, 6.45) is -53.0. The second kappa shape index (κ2) is 23.5. The Kier molecular flexibility index (Phi) is 17.4. The number of benzene rings is 6. The third-order valence-corrected chi connectivity index (χ3v) is 13.9. The van der Waals surface area contributed by atoms with Crippen LogP contribution < -0.4 is 31.2 Å². The molecule has 0 fully saturated rings. The molecule has 0 saturated carbocycles. The molecule has 0 atom stereocenters. The molecule has 466 valence electrons. The molecule has 0 bridgehead atoms. The van der Waals surface area contributed by atoms with E-state index in [1.807, 2.05) is 91.0 Å². The Hall–Kier alpha value is -9.05. The zero-order valence-corrected chi connectivity index (χ0v) is 43.8. The number of alkyl halides is 24. The highest BCUT2D eigenvalue weighted by atomic mass is 19.4. The first-order chi connectivity index (χ1) is 40.9. The van der Waals surface area contributed by atoms with Gasteiger partial charge in [-0.15, -0.1) is 0 Å². The monoisotopic (exact) mass is 1280 g/mol. The maximum Gasteiger partial charge on any atom is 0.416 e. The fourth-order valence-corrected chi connectivity index (χ4v) is 9.96. The smallest absolute Gasteiger partial charge is 0.416 e. The summed E-state index contributed by atoms with van der Waals surface area (Å²) in [6, 6.07) is 23.3. The van der Waals surface area contributed by atoms with Gasteiger partial charge in [0.2, 0.25) is 12.3 Å². The van der Waals surface area contributed by atoms with Gasteiger partial charge in [0.05, 0.1) is 49.9 Å². The quantitative estimate of drug-likeness (QED) is 0.0476. The lowest BCUT2D eigenvalue weighted by atomic mass is 9.12. The second-order valence-electron chi connectivity index (χ2n) is 19.8. The van der Waals surface area contributed by atoms with Crippen molar-refractivity contribution in [3.63, 3.8) is 0 Å². The first kappa shape index (κ1) is 65.9. The van der Waals surface area contributed by atoms with E-state index >= 15 is 0 Å². The Morgan fingerprint density at radius 1 is 0.348 bits per heavy atom. The van der Waals surface area contributed by atoms with E-state index in [0.717, 1.165) is 21.9 Å². The van der Waals surface area contributed by atoms with Crippen LogP contribution in [0.5, 0.6) is 5.75 Å². The molecule has 0 N–H and O–H groups in total. The van der Waals surface area contributed by atoms with Crippen molar-refractivity contribution in [1.29, 1.82) is 0 Å². The van der Waals surface area contributed by atoms with Gasteiger partial charge in [-0.2, -0.15) is 132 Å². The highest BCUT2D eigenvalue weighted by Gasteiger charge is 2.47. The van der Waals surface area contributed by atoms with Crippen LogP contribution in [-0.2, 0) is 56.0 Å². The summed E-state index contributed by atoms with van der Waals surface area (Å²) in [6.45, 7) is 0.0398. The van der Waals surface area contributed by atoms with Gasteiger partial charge in [-0.1, -0.05) is 127 Å². The van der Waals surface area contributed by atoms with Gasteiger partial charge in [0, 0.05) is 11.6 Å². The van der Waals surface area contributed by atoms with Gasteiger partial charge >= 0.3 is 55.4 Å². The van der Waals surface area contributed by atoms with Crippen molar-refractivity contribution < 1.29 is 124 Å². The maximum atomic E-state index is 14.2. The molecule has 29 heteroatoms. The van der Waals surface area contributed by atoms with Crippen molar-refractivity contribution >= 4 is 50.5 Å². The number of hydrogen-bond donors (Lipinski definition) is 0. The molecule has 1 heterocycles. The first-order valence-corrected chi connectivity index (χ1v) is 25.0. The molecule has 0 aliphatic heterocycles. The largest absolute Gasteiger partial charge is 0.418 e. The van der Waals surface area contributed by atoms with Crippen molar-refractivity contribution in [3.8, 4) is 16.9 Å². The molecular formula is C60H32BF24NO3. The van der Waals surface area contributed by atoms with E-state index in [0.29, 0.717) is 17.0 Å². The molecule has 0 amide bonds. The lowest BCUT2D eigenvalue weighted by Crippen LogP contribution is -2.75. The van der Waals surface area contributed by atoms with Gasteiger partial charge < -0.3 is 4.74 Å². The number of carbonyl (C=O) groups excluding carboxylic acids is 2. The van der Waals surface area contributed by atoms with E-state index in [2.05, 4.69) is 0 Å². The van der Waals surface area contributed by atoms with E-state index in [1.54, 1.807) is 22.9 Å². The molecule has 2 aliphatic rings. The van der Waals surface area contributed by atoms with E-state index in [9.17, 15) is 115 Å². The number of esters is 1. The summed E-state index contributed by atoms with van der Waals surface area (Å²) in [5.74, 6) is -0.0982. The average Bonchev–Trinajstić information content (AvgIpc) is 1.25. The van der Waals surface area contributed by atoms with Gasteiger partial charge in [-0.05, 0) is 59.0 Å². The van der Waals surface area contributed by atoms with Crippen LogP contribution in [0.1, 0.15) is 65.4 Å². The molecule has 89 heavy (non-hydrogen) atoms. The van der Waals surface area contributed by atoms with Crippen molar-refractivity contribution in [2.24, 2.45) is 0 Å². The van der Waals surface area contributed by atoms with Crippen molar-refractivity contribution in [2.45, 2.75) is 56.0 Å². The minimum Gasteiger partial charge on any atom is -0.418 e. The lowest BCUT2D eigenvalue weighted by Gasteiger charge is -2.46. The highest BCUT2D eigenvalue weighted by Crippen LogP contribution is 2.42. The van der Waals surface area contributed by atoms with Crippen LogP contribution in [0.25, 0.3) is 21.9 Å². The lowest BCUT2D eigenvalue weighted by molar-refractivity contribution is -0.684. The van der Waals surface area contributed by atoms with Gasteiger partial charge in [0.15, 0.2) is 6.20 Å². The third-order valence-electron chi connectivity index (χ3n) is 13.9. The molecule has 7 aromatic rings. The maximum absolute atomic E-state index is 14.2. The number of rotatable bonds is 9. The molecule has 9 rings (SSSR count). The van der Waals surface area contributed by atoms with Gasteiger partial charge in [-0.25, -0.2) is 4.79 Å². The van der Waals surface area contributed by atoms with Crippen LogP contribution in [0.3, 0.4) is 0 Å². The topological polar surface area (TPSA) is 47.2 Å². The summed E-state index contributed by atoms with van der Waals surface area (Å²) in [5.41, 5.74) is -27.3.